The van der Waals surface area contributed by atoms with Gasteiger partial charge in [-0.15, -0.1) is 0 Å². The van der Waals surface area contributed by atoms with Crippen molar-refractivity contribution in [2.75, 3.05) is 13.1 Å². The number of β-amino-alcohol motifs (C(OH)–C–C–N with tert-alkyl or cyclic N) is 1. The Morgan fingerprint density at radius 1 is 1.26 bits per heavy atom. The van der Waals surface area contributed by atoms with E-state index in [4.69, 9.17) is 5.21 Å². The Kier molecular flexibility index (Phi) is 3.79. The van der Waals surface area contributed by atoms with Crippen LogP contribution in [0.3, 0.4) is 0 Å². The van der Waals surface area contributed by atoms with E-state index in [2.05, 4.69) is 10.6 Å². The van der Waals surface area contributed by atoms with Crippen molar-refractivity contribution < 1.29 is 19.9 Å². The van der Waals surface area contributed by atoms with E-state index < -0.39 is 23.5 Å². The van der Waals surface area contributed by atoms with Gasteiger partial charge >= 0.3 is 0 Å². The molecular weight excluding hydrogens is 250 g/mol. The number of hydroxylamine groups is 1. The molecule has 19 heavy (non-hydrogen) atoms. The highest BCUT2D eigenvalue weighted by Gasteiger charge is 2.47. The smallest absolute Gasteiger partial charge is 0.269 e. The van der Waals surface area contributed by atoms with E-state index >= 15 is 0 Å². The largest absolute Gasteiger partial charge is 0.384 e. The minimum atomic E-state index is -1.39. The normalized spacial score (nSPS) is 18.0. The molecule has 1 aliphatic heterocycles. The number of carbonyl (C=O) groups excluding carboxylic acids is 2. The monoisotopic (exact) mass is 265 g/mol. The summed E-state index contributed by atoms with van der Waals surface area (Å²) in [5, 5.41) is 24.0. The first-order chi connectivity index (χ1) is 9.07. The number of nitrogens with one attached hydrogen (secondary N) is 3. The summed E-state index contributed by atoms with van der Waals surface area (Å²) in [4.78, 5) is 23.5. The average Bonchev–Trinajstić information content (AvgIpc) is 2.42. The summed E-state index contributed by atoms with van der Waals surface area (Å²) >= 11 is 0. The zero-order valence-electron chi connectivity index (χ0n) is 10.1. The molecule has 1 aliphatic rings. The Labute approximate surface area is 109 Å². The number of amides is 2. The van der Waals surface area contributed by atoms with Gasteiger partial charge in [-0.3, -0.25) is 14.8 Å². The van der Waals surface area contributed by atoms with E-state index in [1.807, 2.05) is 0 Å². The lowest BCUT2D eigenvalue weighted by atomic mass is 9.87. The molecule has 7 heteroatoms. The average molecular weight is 265 g/mol. The number of aliphatic hydroxyl groups is 1. The van der Waals surface area contributed by atoms with Crippen molar-refractivity contribution >= 4 is 11.8 Å². The van der Waals surface area contributed by atoms with Gasteiger partial charge in [-0.2, -0.15) is 0 Å². The van der Waals surface area contributed by atoms with Gasteiger partial charge in [0.15, 0.2) is 0 Å². The number of benzene rings is 1. The summed E-state index contributed by atoms with van der Waals surface area (Å²) in [6, 6.07) is 7.11. The van der Waals surface area contributed by atoms with Crippen molar-refractivity contribution in [1.29, 1.82) is 0 Å². The maximum Gasteiger partial charge on any atom is 0.269 e. The quantitative estimate of drug-likeness (QED) is 0.340. The molecule has 2 amide bonds. The summed E-state index contributed by atoms with van der Waals surface area (Å²) in [6.07, 6.45) is 0. The minimum absolute atomic E-state index is 0.167. The number of carbonyl (C=O) groups is 2. The second-order valence-corrected chi connectivity index (χ2v) is 4.46. The van der Waals surface area contributed by atoms with Crippen molar-refractivity contribution in [1.82, 2.24) is 16.1 Å². The molecule has 1 atom stereocenters. The van der Waals surface area contributed by atoms with Crippen LogP contribution in [0.2, 0.25) is 0 Å². The molecule has 0 bridgehead atoms. The molecule has 102 valence electrons. The molecule has 7 nitrogen and oxygen atoms in total. The first-order valence-corrected chi connectivity index (χ1v) is 5.80. The summed E-state index contributed by atoms with van der Waals surface area (Å²) in [6.45, 7) is 0.334. The lowest BCUT2D eigenvalue weighted by Crippen LogP contribution is -2.73. The van der Waals surface area contributed by atoms with Gasteiger partial charge < -0.3 is 15.7 Å². The highest BCUT2D eigenvalue weighted by molar-refractivity contribution is 5.97. The maximum absolute atomic E-state index is 12.0. The molecule has 1 unspecified atom stereocenters. The SMILES string of the molecule is O=C(NC(C(=O)NO)C1(O)CNC1)c1ccccc1. The fraction of sp³-hybridized carbons (Fsp3) is 0.333. The second-order valence-electron chi connectivity index (χ2n) is 4.46. The molecule has 1 saturated heterocycles. The molecule has 1 aromatic rings. The predicted molar refractivity (Wildman–Crippen MR) is 65.4 cm³/mol. The second kappa shape index (κ2) is 5.35. The van der Waals surface area contributed by atoms with Gasteiger partial charge in [0.05, 0.1) is 0 Å². The number of hydrogen-bond acceptors (Lipinski definition) is 5. The van der Waals surface area contributed by atoms with Crippen LogP contribution in [-0.2, 0) is 4.79 Å². The van der Waals surface area contributed by atoms with E-state index in [0.29, 0.717) is 5.56 Å². The van der Waals surface area contributed by atoms with Crippen molar-refractivity contribution in [2.45, 2.75) is 11.6 Å². The molecule has 1 aromatic carbocycles. The van der Waals surface area contributed by atoms with Gasteiger partial charge in [-0.25, -0.2) is 5.48 Å². The molecule has 0 radical (unpaired) electrons. The summed E-state index contributed by atoms with van der Waals surface area (Å²) in [7, 11) is 0. The van der Waals surface area contributed by atoms with Crippen LogP contribution in [0.15, 0.2) is 30.3 Å². The fourth-order valence-corrected chi connectivity index (χ4v) is 1.90. The van der Waals surface area contributed by atoms with Crippen LogP contribution in [0.5, 0.6) is 0 Å². The third-order valence-corrected chi connectivity index (χ3v) is 3.08. The molecule has 5 N–H and O–H groups in total. The van der Waals surface area contributed by atoms with Crippen LogP contribution < -0.4 is 16.1 Å². The third-order valence-electron chi connectivity index (χ3n) is 3.08. The number of rotatable bonds is 4. The van der Waals surface area contributed by atoms with Crippen molar-refractivity contribution in [3.8, 4) is 0 Å². The Morgan fingerprint density at radius 3 is 2.37 bits per heavy atom. The zero-order chi connectivity index (χ0) is 13.9. The fourth-order valence-electron chi connectivity index (χ4n) is 1.90. The topological polar surface area (TPSA) is 111 Å². The van der Waals surface area contributed by atoms with Crippen LogP contribution in [0.1, 0.15) is 10.4 Å². The molecule has 2 rings (SSSR count). The lowest BCUT2D eigenvalue weighted by molar-refractivity contribution is -0.141. The van der Waals surface area contributed by atoms with Crippen LogP contribution in [0.25, 0.3) is 0 Å². The third kappa shape index (κ3) is 2.73. The van der Waals surface area contributed by atoms with Gasteiger partial charge in [-0.05, 0) is 12.1 Å². The Morgan fingerprint density at radius 2 is 1.89 bits per heavy atom. The first kappa shape index (κ1) is 13.5. The zero-order valence-corrected chi connectivity index (χ0v) is 10.1. The van der Waals surface area contributed by atoms with Crippen LogP contribution in [0, 0.1) is 0 Å². The highest BCUT2D eigenvalue weighted by atomic mass is 16.5. The van der Waals surface area contributed by atoms with E-state index in [-0.39, 0.29) is 13.1 Å². The number of hydrogen-bond donors (Lipinski definition) is 5. The molecular formula is C12H15N3O4. The minimum Gasteiger partial charge on any atom is -0.384 e. The Bertz CT molecular complexity index is 473. The summed E-state index contributed by atoms with van der Waals surface area (Å²) in [5.74, 6) is -1.34. The highest BCUT2D eigenvalue weighted by Crippen LogP contribution is 2.16. The standard InChI is InChI=1S/C12H15N3O4/c16-10(8-4-2-1-3-5-8)14-9(11(17)15-19)12(18)6-13-7-12/h1-5,9,13,18-19H,6-7H2,(H,14,16)(H,15,17). The van der Waals surface area contributed by atoms with E-state index in [9.17, 15) is 14.7 Å². The van der Waals surface area contributed by atoms with Crippen LogP contribution >= 0.6 is 0 Å². The molecule has 0 spiro atoms. The van der Waals surface area contributed by atoms with Gasteiger partial charge in [0.1, 0.15) is 11.6 Å². The maximum atomic E-state index is 12.0. The van der Waals surface area contributed by atoms with Gasteiger partial charge in [0, 0.05) is 18.7 Å². The molecule has 1 heterocycles. The van der Waals surface area contributed by atoms with Crippen molar-refractivity contribution in [3.05, 3.63) is 35.9 Å². The van der Waals surface area contributed by atoms with E-state index in [1.165, 1.54) is 5.48 Å². The van der Waals surface area contributed by atoms with E-state index in [0.717, 1.165) is 0 Å². The van der Waals surface area contributed by atoms with Crippen LogP contribution in [0.4, 0.5) is 0 Å². The molecule has 0 aliphatic carbocycles. The van der Waals surface area contributed by atoms with Crippen LogP contribution in [-0.4, -0.2) is 46.9 Å². The summed E-state index contributed by atoms with van der Waals surface area (Å²) < 4.78 is 0. The van der Waals surface area contributed by atoms with Gasteiger partial charge in [0.2, 0.25) is 0 Å². The molecule has 0 aromatic heterocycles. The summed E-state index contributed by atoms with van der Waals surface area (Å²) in [5.41, 5.74) is 0.433. The van der Waals surface area contributed by atoms with Crippen molar-refractivity contribution in [3.63, 3.8) is 0 Å². The Balaban J connectivity index is 2.12. The van der Waals surface area contributed by atoms with Gasteiger partial charge in [0.25, 0.3) is 11.8 Å². The first-order valence-electron chi connectivity index (χ1n) is 5.80. The molecule has 0 saturated carbocycles. The predicted octanol–water partition coefficient (Wildman–Crippen LogP) is -1.38. The molecule has 1 fully saturated rings. The van der Waals surface area contributed by atoms with E-state index in [1.54, 1.807) is 30.3 Å². The lowest BCUT2D eigenvalue weighted by Gasteiger charge is -2.42. The van der Waals surface area contributed by atoms with Gasteiger partial charge in [-0.1, -0.05) is 18.2 Å². The van der Waals surface area contributed by atoms with Crippen molar-refractivity contribution in [2.24, 2.45) is 0 Å². The Hall–Kier alpha value is -1.96.